The van der Waals surface area contributed by atoms with Crippen molar-refractivity contribution >= 4 is 15.8 Å². The highest BCUT2D eigenvalue weighted by Gasteiger charge is 2.34. The Balaban J connectivity index is 2.19. The molecule has 0 saturated heterocycles. The van der Waals surface area contributed by atoms with Crippen molar-refractivity contribution in [3.05, 3.63) is 6.33 Å². The van der Waals surface area contributed by atoms with Crippen LogP contribution in [-0.4, -0.2) is 24.0 Å². The SMILES string of the molecule is Cn1cnc(N)c1S(=O)(=O)NC1CCC(C)(C)C1. The molecule has 1 fully saturated rings. The number of anilines is 1. The first-order valence-corrected chi connectivity index (χ1v) is 7.49. The number of hydrogen-bond donors (Lipinski definition) is 2. The largest absolute Gasteiger partial charge is 0.381 e. The Kier molecular flexibility index (Phi) is 3.14. The van der Waals surface area contributed by atoms with Gasteiger partial charge in [0, 0.05) is 13.1 Å². The van der Waals surface area contributed by atoms with Crippen LogP contribution in [0.1, 0.15) is 33.1 Å². The summed E-state index contributed by atoms with van der Waals surface area (Å²) in [6.45, 7) is 4.31. The Morgan fingerprint density at radius 2 is 2.22 bits per heavy atom. The molecule has 1 unspecified atom stereocenters. The fraction of sp³-hybridized carbons (Fsp3) is 0.727. The molecular weight excluding hydrogens is 252 g/mol. The van der Waals surface area contributed by atoms with Gasteiger partial charge in [-0.25, -0.2) is 18.1 Å². The van der Waals surface area contributed by atoms with Crippen LogP contribution in [0.15, 0.2) is 11.4 Å². The zero-order chi connectivity index (χ0) is 13.6. The molecule has 1 aromatic heterocycles. The zero-order valence-corrected chi connectivity index (χ0v) is 11.8. The van der Waals surface area contributed by atoms with Crippen molar-refractivity contribution in [1.29, 1.82) is 0 Å². The van der Waals surface area contributed by atoms with Crippen LogP contribution in [0, 0.1) is 5.41 Å². The van der Waals surface area contributed by atoms with E-state index in [4.69, 9.17) is 5.73 Å². The standard InChI is InChI=1S/C11H20N4O2S/c1-11(2)5-4-8(6-11)14-18(16,17)10-9(12)13-7-15(10)3/h7-8,14H,4-6,12H2,1-3H3. The number of aryl methyl sites for hydroxylation is 1. The fourth-order valence-electron chi connectivity index (χ4n) is 2.58. The highest BCUT2D eigenvalue weighted by atomic mass is 32.2. The van der Waals surface area contributed by atoms with Gasteiger partial charge in [-0.1, -0.05) is 13.8 Å². The van der Waals surface area contributed by atoms with Gasteiger partial charge >= 0.3 is 0 Å². The molecule has 102 valence electrons. The molecule has 0 radical (unpaired) electrons. The minimum Gasteiger partial charge on any atom is -0.381 e. The second kappa shape index (κ2) is 4.24. The summed E-state index contributed by atoms with van der Waals surface area (Å²) < 4.78 is 28.7. The molecule has 2 rings (SSSR count). The van der Waals surface area contributed by atoms with E-state index < -0.39 is 10.0 Å². The summed E-state index contributed by atoms with van der Waals surface area (Å²) >= 11 is 0. The van der Waals surface area contributed by atoms with E-state index in [0.717, 1.165) is 19.3 Å². The number of nitrogens with two attached hydrogens (primary N) is 1. The molecule has 0 amide bonds. The Morgan fingerprint density at radius 3 is 2.67 bits per heavy atom. The Bertz CT molecular complexity index is 528. The van der Waals surface area contributed by atoms with Crippen LogP contribution < -0.4 is 10.5 Å². The predicted molar refractivity (Wildman–Crippen MR) is 69.4 cm³/mol. The summed E-state index contributed by atoms with van der Waals surface area (Å²) in [5, 5.41) is 0.0483. The van der Waals surface area contributed by atoms with Gasteiger partial charge < -0.3 is 10.3 Å². The lowest BCUT2D eigenvalue weighted by Gasteiger charge is -2.18. The molecule has 1 atom stereocenters. The average molecular weight is 272 g/mol. The molecule has 1 aromatic rings. The molecule has 1 aliphatic rings. The van der Waals surface area contributed by atoms with Crippen LogP contribution in [0.25, 0.3) is 0 Å². The minimum absolute atomic E-state index is 0.0145. The third-order valence-corrected chi connectivity index (χ3v) is 5.10. The average Bonchev–Trinajstić information content (AvgIpc) is 2.69. The predicted octanol–water partition coefficient (Wildman–Crippen LogP) is 0.859. The molecule has 6 nitrogen and oxygen atoms in total. The summed E-state index contributed by atoms with van der Waals surface area (Å²) in [7, 11) is -1.96. The van der Waals surface area contributed by atoms with Crippen molar-refractivity contribution in [2.75, 3.05) is 5.73 Å². The van der Waals surface area contributed by atoms with Crippen molar-refractivity contribution in [2.45, 2.75) is 44.2 Å². The number of nitrogens with zero attached hydrogens (tertiary/aromatic N) is 2. The third kappa shape index (κ3) is 2.51. The molecule has 1 saturated carbocycles. The van der Waals surface area contributed by atoms with Crippen LogP contribution >= 0.6 is 0 Å². The summed E-state index contributed by atoms with van der Waals surface area (Å²) in [6, 6.07) is -0.0145. The Labute approximate surface area is 108 Å². The molecule has 7 heteroatoms. The lowest BCUT2D eigenvalue weighted by Crippen LogP contribution is -2.34. The molecule has 0 bridgehead atoms. The van der Waals surface area contributed by atoms with E-state index in [1.165, 1.54) is 10.9 Å². The van der Waals surface area contributed by atoms with Crippen LogP contribution in [0.2, 0.25) is 0 Å². The first-order valence-electron chi connectivity index (χ1n) is 6.00. The van der Waals surface area contributed by atoms with E-state index in [9.17, 15) is 8.42 Å². The van der Waals surface area contributed by atoms with Gasteiger partial charge in [0.05, 0.1) is 6.33 Å². The number of aromatic nitrogens is 2. The highest BCUT2D eigenvalue weighted by molar-refractivity contribution is 7.89. The third-order valence-electron chi connectivity index (χ3n) is 3.45. The van der Waals surface area contributed by atoms with Crippen molar-refractivity contribution < 1.29 is 8.42 Å². The zero-order valence-electron chi connectivity index (χ0n) is 11.0. The van der Waals surface area contributed by atoms with Crippen LogP contribution in [0.4, 0.5) is 5.82 Å². The van der Waals surface area contributed by atoms with E-state index in [1.807, 2.05) is 0 Å². The summed E-state index contributed by atoms with van der Waals surface area (Å²) in [6.07, 6.45) is 4.15. The Morgan fingerprint density at radius 1 is 1.56 bits per heavy atom. The topological polar surface area (TPSA) is 90.0 Å². The number of nitrogens with one attached hydrogen (secondary N) is 1. The van der Waals surface area contributed by atoms with E-state index in [1.54, 1.807) is 7.05 Å². The van der Waals surface area contributed by atoms with Gasteiger partial charge in [-0.2, -0.15) is 0 Å². The maximum atomic E-state index is 12.3. The summed E-state index contributed by atoms with van der Waals surface area (Å²) in [5.74, 6) is 0.0438. The molecular formula is C11H20N4O2S. The number of sulfonamides is 1. The van der Waals surface area contributed by atoms with E-state index in [2.05, 4.69) is 23.6 Å². The van der Waals surface area contributed by atoms with Crippen molar-refractivity contribution in [3.63, 3.8) is 0 Å². The fourth-order valence-corrected chi connectivity index (χ4v) is 4.08. The van der Waals surface area contributed by atoms with Crippen LogP contribution in [0.3, 0.4) is 0 Å². The molecule has 1 aliphatic carbocycles. The van der Waals surface area contributed by atoms with E-state index in [0.29, 0.717) is 0 Å². The molecule has 0 aliphatic heterocycles. The van der Waals surface area contributed by atoms with Gasteiger partial charge in [0.25, 0.3) is 10.0 Å². The number of hydrogen-bond acceptors (Lipinski definition) is 4. The summed E-state index contributed by atoms with van der Waals surface area (Å²) in [5.41, 5.74) is 5.80. The summed E-state index contributed by atoms with van der Waals surface area (Å²) in [4.78, 5) is 3.81. The van der Waals surface area contributed by atoms with Crippen molar-refractivity contribution in [3.8, 4) is 0 Å². The number of nitrogen functional groups attached to an aromatic ring is 1. The van der Waals surface area contributed by atoms with Gasteiger partial charge in [0.15, 0.2) is 10.8 Å². The smallest absolute Gasteiger partial charge is 0.260 e. The second-order valence-electron chi connectivity index (χ2n) is 5.77. The van der Waals surface area contributed by atoms with Gasteiger partial charge in [-0.05, 0) is 24.7 Å². The maximum absolute atomic E-state index is 12.3. The molecule has 3 N–H and O–H groups in total. The second-order valence-corrected chi connectivity index (χ2v) is 7.40. The van der Waals surface area contributed by atoms with Gasteiger partial charge in [0.1, 0.15) is 0 Å². The Hall–Kier alpha value is -1.08. The molecule has 1 heterocycles. The van der Waals surface area contributed by atoms with E-state index >= 15 is 0 Å². The van der Waals surface area contributed by atoms with Crippen molar-refractivity contribution in [2.24, 2.45) is 12.5 Å². The molecule has 0 spiro atoms. The van der Waals surface area contributed by atoms with Gasteiger partial charge in [-0.3, -0.25) is 0 Å². The maximum Gasteiger partial charge on any atom is 0.260 e. The van der Waals surface area contributed by atoms with E-state index in [-0.39, 0.29) is 22.3 Å². The van der Waals surface area contributed by atoms with Gasteiger partial charge in [-0.15, -0.1) is 0 Å². The first kappa shape index (κ1) is 13.4. The molecule has 0 aromatic carbocycles. The molecule has 18 heavy (non-hydrogen) atoms. The quantitative estimate of drug-likeness (QED) is 0.854. The minimum atomic E-state index is -3.59. The normalized spacial score (nSPS) is 23.4. The first-order chi connectivity index (χ1) is 8.21. The van der Waals surface area contributed by atoms with Gasteiger partial charge in [0.2, 0.25) is 0 Å². The lowest BCUT2D eigenvalue weighted by molar-refractivity contribution is 0.372. The number of rotatable bonds is 3. The number of imidazole rings is 1. The lowest BCUT2D eigenvalue weighted by atomic mass is 9.92. The monoisotopic (exact) mass is 272 g/mol. The van der Waals surface area contributed by atoms with Crippen LogP contribution in [0.5, 0.6) is 0 Å². The van der Waals surface area contributed by atoms with Crippen molar-refractivity contribution in [1.82, 2.24) is 14.3 Å². The highest BCUT2D eigenvalue weighted by Crippen LogP contribution is 2.37. The van der Waals surface area contributed by atoms with Crippen LogP contribution in [-0.2, 0) is 17.1 Å².